The second kappa shape index (κ2) is 4.26. The highest BCUT2D eigenvalue weighted by Gasteiger charge is 1.96. The van der Waals surface area contributed by atoms with Crippen LogP contribution in [0.2, 0.25) is 0 Å². The van der Waals surface area contributed by atoms with Crippen molar-refractivity contribution in [2.24, 2.45) is 4.99 Å². The SMILES string of the molecule is CC(C)N=c1ccccn1C(C)C. The summed E-state index contributed by atoms with van der Waals surface area (Å²) < 4.78 is 2.18. The van der Waals surface area contributed by atoms with Crippen LogP contribution in [0.15, 0.2) is 29.4 Å². The van der Waals surface area contributed by atoms with E-state index in [1.807, 2.05) is 12.1 Å². The molecule has 1 rings (SSSR count). The Bertz CT molecular complexity index is 321. The van der Waals surface area contributed by atoms with Crippen LogP contribution >= 0.6 is 0 Å². The van der Waals surface area contributed by atoms with Crippen LogP contribution in [0.3, 0.4) is 0 Å². The summed E-state index contributed by atoms with van der Waals surface area (Å²) in [5, 5.41) is 0. The maximum absolute atomic E-state index is 4.54. The molecule has 0 aliphatic carbocycles. The average molecular weight is 178 g/mol. The Hall–Kier alpha value is -1.05. The Labute approximate surface area is 79.9 Å². The molecule has 0 fully saturated rings. The summed E-state index contributed by atoms with van der Waals surface area (Å²) in [5.41, 5.74) is 1.06. The van der Waals surface area contributed by atoms with Gasteiger partial charge in [-0.3, -0.25) is 4.99 Å². The van der Waals surface area contributed by atoms with Gasteiger partial charge in [-0.05, 0) is 39.8 Å². The summed E-state index contributed by atoms with van der Waals surface area (Å²) in [6.07, 6.45) is 2.08. The van der Waals surface area contributed by atoms with E-state index < -0.39 is 0 Å². The lowest BCUT2D eigenvalue weighted by Crippen LogP contribution is -2.22. The average Bonchev–Trinajstić information content (AvgIpc) is 2.03. The van der Waals surface area contributed by atoms with Crippen molar-refractivity contribution in [2.45, 2.75) is 39.8 Å². The molecule has 0 aliphatic rings. The van der Waals surface area contributed by atoms with Crippen molar-refractivity contribution in [3.8, 4) is 0 Å². The largest absolute Gasteiger partial charge is 0.331 e. The highest BCUT2D eigenvalue weighted by atomic mass is 15.0. The maximum Gasteiger partial charge on any atom is 0.127 e. The summed E-state index contributed by atoms with van der Waals surface area (Å²) in [5.74, 6) is 0. The zero-order valence-electron chi connectivity index (χ0n) is 8.86. The van der Waals surface area contributed by atoms with Gasteiger partial charge in [0.1, 0.15) is 5.49 Å². The fourth-order valence-corrected chi connectivity index (χ4v) is 1.26. The van der Waals surface area contributed by atoms with Gasteiger partial charge in [0.15, 0.2) is 0 Å². The molecule has 0 unspecified atom stereocenters. The van der Waals surface area contributed by atoms with E-state index in [4.69, 9.17) is 0 Å². The molecule has 0 spiro atoms. The smallest absolute Gasteiger partial charge is 0.127 e. The van der Waals surface area contributed by atoms with Gasteiger partial charge < -0.3 is 4.57 Å². The molecule has 2 nitrogen and oxygen atoms in total. The Kier molecular flexibility index (Phi) is 3.29. The molecule has 0 bridgehead atoms. The van der Waals surface area contributed by atoms with E-state index in [-0.39, 0.29) is 0 Å². The summed E-state index contributed by atoms with van der Waals surface area (Å²) in [4.78, 5) is 4.54. The van der Waals surface area contributed by atoms with Crippen molar-refractivity contribution < 1.29 is 0 Å². The van der Waals surface area contributed by atoms with Crippen molar-refractivity contribution in [3.05, 3.63) is 29.9 Å². The molecule has 0 amide bonds. The number of nitrogens with zero attached hydrogens (tertiary/aromatic N) is 2. The highest BCUT2D eigenvalue weighted by molar-refractivity contribution is 4.94. The van der Waals surface area contributed by atoms with Gasteiger partial charge in [-0.25, -0.2) is 0 Å². The molecule has 13 heavy (non-hydrogen) atoms. The van der Waals surface area contributed by atoms with E-state index >= 15 is 0 Å². The van der Waals surface area contributed by atoms with Crippen LogP contribution in [-0.4, -0.2) is 10.6 Å². The van der Waals surface area contributed by atoms with Gasteiger partial charge in [0, 0.05) is 18.3 Å². The molecule has 72 valence electrons. The number of hydrogen-bond acceptors (Lipinski definition) is 1. The van der Waals surface area contributed by atoms with Crippen molar-refractivity contribution in [1.29, 1.82) is 0 Å². The first-order chi connectivity index (χ1) is 6.11. The number of rotatable bonds is 2. The minimum Gasteiger partial charge on any atom is -0.331 e. The second-order valence-electron chi connectivity index (χ2n) is 3.78. The molecule has 0 saturated carbocycles. The van der Waals surface area contributed by atoms with Gasteiger partial charge >= 0.3 is 0 Å². The van der Waals surface area contributed by atoms with Crippen molar-refractivity contribution in [2.75, 3.05) is 0 Å². The standard InChI is InChI=1S/C11H18N2/c1-9(2)12-11-7-5-6-8-13(11)10(3)4/h5-10H,1-4H3. The van der Waals surface area contributed by atoms with Gasteiger partial charge in [0.25, 0.3) is 0 Å². The summed E-state index contributed by atoms with van der Waals surface area (Å²) >= 11 is 0. The third-order valence-electron chi connectivity index (χ3n) is 1.81. The monoisotopic (exact) mass is 178 g/mol. The summed E-state index contributed by atoms with van der Waals surface area (Å²) in [6.45, 7) is 8.52. The molecule has 0 radical (unpaired) electrons. The van der Waals surface area contributed by atoms with E-state index in [0.717, 1.165) is 5.49 Å². The molecular weight excluding hydrogens is 160 g/mol. The minimum absolute atomic E-state index is 0.354. The third kappa shape index (κ3) is 2.72. The minimum atomic E-state index is 0.354. The van der Waals surface area contributed by atoms with Crippen LogP contribution in [0.1, 0.15) is 33.7 Å². The van der Waals surface area contributed by atoms with Gasteiger partial charge in [-0.15, -0.1) is 0 Å². The molecule has 1 heterocycles. The number of hydrogen-bond donors (Lipinski definition) is 0. The first-order valence-corrected chi connectivity index (χ1v) is 4.82. The van der Waals surface area contributed by atoms with Crippen LogP contribution in [0.25, 0.3) is 0 Å². The third-order valence-corrected chi connectivity index (χ3v) is 1.81. The lowest BCUT2D eigenvalue weighted by atomic mass is 10.3. The molecule has 0 saturated heterocycles. The van der Waals surface area contributed by atoms with Gasteiger partial charge in [0.2, 0.25) is 0 Å². The van der Waals surface area contributed by atoms with E-state index in [0.29, 0.717) is 12.1 Å². The van der Waals surface area contributed by atoms with Crippen molar-refractivity contribution in [3.63, 3.8) is 0 Å². The van der Waals surface area contributed by atoms with E-state index in [1.165, 1.54) is 0 Å². The van der Waals surface area contributed by atoms with Crippen LogP contribution < -0.4 is 5.49 Å². The summed E-state index contributed by atoms with van der Waals surface area (Å²) in [7, 11) is 0. The molecule has 0 aliphatic heterocycles. The Morgan fingerprint density at radius 2 is 1.85 bits per heavy atom. The van der Waals surface area contributed by atoms with Crippen molar-refractivity contribution >= 4 is 0 Å². The topological polar surface area (TPSA) is 17.3 Å². The first kappa shape index (κ1) is 10.0. The predicted octanol–water partition coefficient (Wildman–Crippen LogP) is 2.38. The normalized spacial score (nSPS) is 12.9. The molecule has 2 heteroatoms. The molecular formula is C11H18N2. The molecule has 0 aromatic carbocycles. The number of pyridine rings is 1. The maximum atomic E-state index is 4.54. The fraction of sp³-hybridized carbons (Fsp3) is 0.545. The quantitative estimate of drug-likeness (QED) is 0.661. The lowest BCUT2D eigenvalue weighted by Gasteiger charge is -2.11. The second-order valence-corrected chi connectivity index (χ2v) is 3.78. The zero-order valence-corrected chi connectivity index (χ0v) is 8.86. The molecule has 1 aromatic rings. The van der Waals surface area contributed by atoms with Gasteiger partial charge in [0.05, 0.1) is 0 Å². The number of aromatic nitrogens is 1. The molecule has 1 aromatic heterocycles. The van der Waals surface area contributed by atoms with Crippen molar-refractivity contribution in [1.82, 2.24) is 4.57 Å². The molecule has 0 atom stereocenters. The van der Waals surface area contributed by atoms with Crippen LogP contribution in [0.5, 0.6) is 0 Å². The van der Waals surface area contributed by atoms with E-state index in [9.17, 15) is 0 Å². The van der Waals surface area contributed by atoms with Crippen LogP contribution in [0.4, 0.5) is 0 Å². The van der Waals surface area contributed by atoms with Crippen LogP contribution in [-0.2, 0) is 0 Å². The van der Waals surface area contributed by atoms with Crippen LogP contribution in [0, 0.1) is 0 Å². The Balaban J connectivity index is 3.20. The Morgan fingerprint density at radius 1 is 1.15 bits per heavy atom. The zero-order chi connectivity index (χ0) is 9.84. The highest BCUT2D eigenvalue weighted by Crippen LogP contribution is 1.98. The predicted molar refractivity (Wildman–Crippen MR) is 55.5 cm³/mol. The summed E-state index contributed by atoms with van der Waals surface area (Å²) in [6, 6.07) is 6.95. The van der Waals surface area contributed by atoms with E-state index in [1.54, 1.807) is 0 Å². The first-order valence-electron chi connectivity index (χ1n) is 4.82. The van der Waals surface area contributed by atoms with E-state index in [2.05, 4.69) is 49.5 Å². The molecule has 0 N–H and O–H groups in total. The fourth-order valence-electron chi connectivity index (χ4n) is 1.26. The lowest BCUT2D eigenvalue weighted by molar-refractivity contribution is 0.560. The van der Waals surface area contributed by atoms with Gasteiger partial charge in [-0.2, -0.15) is 0 Å². The Morgan fingerprint density at radius 3 is 2.38 bits per heavy atom. The van der Waals surface area contributed by atoms with Gasteiger partial charge in [-0.1, -0.05) is 6.07 Å².